The van der Waals surface area contributed by atoms with Gasteiger partial charge in [0.05, 0.1) is 18.7 Å². The zero-order valence-electron chi connectivity index (χ0n) is 12.7. The van der Waals surface area contributed by atoms with E-state index in [1.165, 1.54) is 7.11 Å². The molecule has 0 heterocycles. The molecule has 6 heteroatoms. The number of carboxylic acid groups (broad SMARTS) is 1. The molecule has 0 aliphatic rings. The van der Waals surface area contributed by atoms with E-state index >= 15 is 0 Å². The molecule has 2 rings (SSSR count). The molecule has 2 N–H and O–H groups in total. The minimum Gasteiger partial charge on any atom is -0.493 e. The van der Waals surface area contributed by atoms with E-state index in [9.17, 15) is 4.79 Å². The fourth-order valence-corrected chi connectivity index (χ4v) is 2.35. The van der Waals surface area contributed by atoms with Crippen LogP contribution in [0.4, 0.5) is 0 Å². The lowest BCUT2D eigenvalue weighted by Crippen LogP contribution is -2.21. The summed E-state index contributed by atoms with van der Waals surface area (Å²) >= 11 is 6.27. The molecule has 5 nitrogen and oxygen atoms in total. The number of halogens is 1. The number of methoxy groups -OCH3 is 1. The Hall–Kier alpha value is -2.24. The summed E-state index contributed by atoms with van der Waals surface area (Å²) in [5.74, 6) is 0.0754. The molecule has 122 valence electrons. The smallest absolute Gasteiger partial charge is 0.317 e. The van der Waals surface area contributed by atoms with E-state index in [1.807, 2.05) is 30.3 Å². The maximum absolute atomic E-state index is 10.5. The summed E-state index contributed by atoms with van der Waals surface area (Å²) in [4.78, 5) is 10.5. The van der Waals surface area contributed by atoms with Gasteiger partial charge in [-0.05, 0) is 23.3 Å². The van der Waals surface area contributed by atoms with Crippen molar-refractivity contribution in [2.24, 2.45) is 0 Å². The molecule has 2 aromatic carbocycles. The first kappa shape index (κ1) is 17.1. The van der Waals surface area contributed by atoms with E-state index < -0.39 is 5.97 Å². The van der Waals surface area contributed by atoms with Crippen molar-refractivity contribution in [3.63, 3.8) is 0 Å². The topological polar surface area (TPSA) is 67.8 Å². The molecular formula is C17H18ClNO4. The van der Waals surface area contributed by atoms with Gasteiger partial charge in [0.15, 0.2) is 11.5 Å². The van der Waals surface area contributed by atoms with Gasteiger partial charge in [-0.1, -0.05) is 41.9 Å². The molecule has 0 aromatic heterocycles. The van der Waals surface area contributed by atoms with Crippen LogP contribution in [0, 0.1) is 0 Å². The van der Waals surface area contributed by atoms with Crippen LogP contribution in [0.1, 0.15) is 11.1 Å². The number of carboxylic acids is 1. The van der Waals surface area contributed by atoms with Crippen LogP contribution in [-0.4, -0.2) is 24.7 Å². The number of rotatable bonds is 8. The van der Waals surface area contributed by atoms with Crippen LogP contribution in [0.3, 0.4) is 0 Å². The maximum Gasteiger partial charge on any atom is 0.317 e. The standard InChI is InChI=1S/C17H18ClNO4/c1-22-15-8-13(9-19-10-16(20)21)7-14(18)17(15)23-11-12-5-3-2-4-6-12/h2-8,19H,9-11H2,1H3,(H,20,21). The van der Waals surface area contributed by atoms with Gasteiger partial charge in [0.25, 0.3) is 0 Å². The molecule has 0 amide bonds. The second kappa shape index (κ2) is 8.41. The molecule has 23 heavy (non-hydrogen) atoms. The number of hydrogen-bond donors (Lipinski definition) is 2. The number of carbonyl (C=O) groups is 1. The van der Waals surface area contributed by atoms with Crippen molar-refractivity contribution >= 4 is 17.6 Å². The Labute approximate surface area is 139 Å². The quantitative estimate of drug-likeness (QED) is 0.776. The first-order chi connectivity index (χ1) is 11.1. The molecule has 0 unspecified atom stereocenters. The van der Waals surface area contributed by atoms with Gasteiger partial charge < -0.3 is 19.9 Å². The van der Waals surface area contributed by atoms with Crippen LogP contribution in [0.15, 0.2) is 42.5 Å². The van der Waals surface area contributed by atoms with E-state index in [4.69, 9.17) is 26.2 Å². The summed E-state index contributed by atoms with van der Waals surface area (Å²) in [6.07, 6.45) is 0. The minimum absolute atomic E-state index is 0.119. The molecule has 0 spiro atoms. The van der Waals surface area contributed by atoms with Gasteiger partial charge in [0.1, 0.15) is 6.61 Å². The van der Waals surface area contributed by atoms with Gasteiger partial charge in [-0.15, -0.1) is 0 Å². The Balaban J connectivity index is 2.08. The molecular weight excluding hydrogens is 318 g/mol. The van der Waals surface area contributed by atoms with Crippen LogP contribution in [0.25, 0.3) is 0 Å². The molecule has 0 atom stereocenters. The van der Waals surface area contributed by atoms with Gasteiger partial charge in [-0.3, -0.25) is 4.79 Å². The fraction of sp³-hybridized carbons (Fsp3) is 0.235. The van der Waals surface area contributed by atoms with Crippen molar-refractivity contribution in [3.8, 4) is 11.5 Å². The van der Waals surface area contributed by atoms with Gasteiger partial charge >= 0.3 is 5.97 Å². The lowest BCUT2D eigenvalue weighted by atomic mass is 10.2. The number of ether oxygens (including phenoxy) is 2. The number of nitrogens with one attached hydrogen (secondary N) is 1. The summed E-state index contributed by atoms with van der Waals surface area (Å²) < 4.78 is 11.1. The number of hydrogen-bond acceptors (Lipinski definition) is 4. The monoisotopic (exact) mass is 335 g/mol. The second-order valence-corrected chi connectivity index (χ2v) is 5.29. The first-order valence-corrected chi connectivity index (χ1v) is 7.43. The lowest BCUT2D eigenvalue weighted by Gasteiger charge is -2.14. The summed E-state index contributed by atoms with van der Waals surface area (Å²) in [6, 6.07) is 13.3. The van der Waals surface area contributed by atoms with Crippen LogP contribution < -0.4 is 14.8 Å². The van der Waals surface area contributed by atoms with Gasteiger partial charge in [-0.25, -0.2) is 0 Å². The Morgan fingerprint density at radius 1 is 1.22 bits per heavy atom. The highest BCUT2D eigenvalue weighted by atomic mass is 35.5. The average molecular weight is 336 g/mol. The van der Waals surface area contributed by atoms with Crippen molar-refractivity contribution in [1.82, 2.24) is 5.32 Å². The normalized spacial score (nSPS) is 10.3. The molecule has 0 fully saturated rings. The molecule has 0 radical (unpaired) electrons. The first-order valence-electron chi connectivity index (χ1n) is 7.06. The van der Waals surface area contributed by atoms with Crippen molar-refractivity contribution < 1.29 is 19.4 Å². The van der Waals surface area contributed by atoms with Crippen molar-refractivity contribution in [2.45, 2.75) is 13.2 Å². The maximum atomic E-state index is 10.5. The summed E-state index contributed by atoms with van der Waals surface area (Å²) in [5.41, 5.74) is 1.85. The molecule has 0 saturated heterocycles. The van der Waals surface area contributed by atoms with Gasteiger partial charge in [0, 0.05) is 6.54 Å². The van der Waals surface area contributed by atoms with Crippen LogP contribution in [0.2, 0.25) is 5.02 Å². The second-order valence-electron chi connectivity index (χ2n) is 4.88. The zero-order valence-corrected chi connectivity index (χ0v) is 13.5. The third-order valence-electron chi connectivity index (χ3n) is 3.12. The number of benzene rings is 2. The van der Waals surface area contributed by atoms with E-state index in [0.717, 1.165) is 11.1 Å². The summed E-state index contributed by atoms with van der Waals surface area (Å²) in [5, 5.41) is 11.9. The Bertz CT molecular complexity index is 661. The van der Waals surface area contributed by atoms with E-state index in [2.05, 4.69) is 5.32 Å². The third kappa shape index (κ3) is 5.16. The summed E-state index contributed by atoms with van der Waals surface area (Å²) in [6.45, 7) is 0.640. The lowest BCUT2D eigenvalue weighted by molar-refractivity contribution is -0.135. The van der Waals surface area contributed by atoms with Gasteiger partial charge in [0.2, 0.25) is 0 Å². The van der Waals surface area contributed by atoms with Crippen LogP contribution >= 0.6 is 11.6 Å². The minimum atomic E-state index is -0.911. The zero-order chi connectivity index (χ0) is 16.7. The fourth-order valence-electron chi connectivity index (χ4n) is 2.06. The predicted molar refractivity (Wildman–Crippen MR) is 88.1 cm³/mol. The molecule has 0 aliphatic carbocycles. The predicted octanol–water partition coefficient (Wildman–Crippen LogP) is 3.10. The SMILES string of the molecule is COc1cc(CNCC(=O)O)cc(Cl)c1OCc1ccccc1. The highest BCUT2D eigenvalue weighted by Gasteiger charge is 2.12. The van der Waals surface area contributed by atoms with Crippen LogP contribution in [0.5, 0.6) is 11.5 Å². The largest absolute Gasteiger partial charge is 0.493 e. The Morgan fingerprint density at radius 2 is 1.96 bits per heavy atom. The van der Waals surface area contributed by atoms with E-state index in [-0.39, 0.29) is 6.54 Å². The highest BCUT2D eigenvalue weighted by Crippen LogP contribution is 2.36. The Kier molecular flexibility index (Phi) is 6.26. The Morgan fingerprint density at radius 3 is 2.61 bits per heavy atom. The molecule has 2 aromatic rings. The highest BCUT2D eigenvalue weighted by molar-refractivity contribution is 6.32. The summed E-state index contributed by atoms with van der Waals surface area (Å²) in [7, 11) is 1.54. The molecule has 0 saturated carbocycles. The van der Waals surface area contributed by atoms with Crippen molar-refractivity contribution in [3.05, 3.63) is 58.6 Å². The van der Waals surface area contributed by atoms with Crippen molar-refractivity contribution in [2.75, 3.05) is 13.7 Å². The van der Waals surface area contributed by atoms with Crippen molar-refractivity contribution in [1.29, 1.82) is 0 Å². The third-order valence-corrected chi connectivity index (χ3v) is 3.40. The molecule has 0 aliphatic heterocycles. The number of aliphatic carboxylic acids is 1. The van der Waals surface area contributed by atoms with E-state index in [1.54, 1.807) is 12.1 Å². The average Bonchev–Trinajstić information content (AvgIpc) is 2.54. The van der Waals surface area contributed by atoms with Gasteiger partial charge in [-0.2, -0.15) is 0 Å². The molecule has 0 bridgehead atoms. The van der Waals surface area contributed by atoms with Crippen LogP contribution in [-0.2, 0) is 17.9 Å². The van der Waals surface area contributed by atoms with E-state index in [0.29, 0.717) is 29.7 Å².